The maximum Gasteiger partial charge on any atom is 0.325 e. The molecular weight excluding hydrogens is 218 g/mol. The number of methoxy groups -OCH3 is 1. The number of carbonyl (C=O) groups is 1. The summed E-state index contributed by atoms with van der Waals surface area (Å²) >= 11 is 0. The Labute approximate surface area is 101 Å². The van der Waals surface area contributed by atoms with E-state index in [1.165, 1.54) is 7.11 Å². The zero-order chi connectivity index (χ0) is 13.2. The molecule has 0 radical (unpaired) electrons. The number of hydrogen-bond donors (Lipinski definition) is 2. The zero-order valence-electron chi connectivity index (χ0n) is 10.7. The van der Waals surface area contributed by atoms with Crippen molar-refractivity contribution in [3.8, 4) is 5.75 Å². The minimum atomic E-state index is -1.06. The Kier molecular flexibility index (Phi) is 3.78. The molecule has 3 N–H and O–H groups in total. The van der Waals surface area contributed by atoms with Crippen LogP contribution in [0.1, 0.15) is 37.9 Å². The van der Waals surface area contributed by atoms with Gasteiger partial charge in [-0.3, -0.25) is 4.79 Å². The molecule has 4 nitrogen and oxygen atoms in total. The molecule has 0 unspecified atom stereocenters. The molecular formula is C13H19NO3. The van der Waals surface area contributed by atoms with Crippen LogP contribution >= 0.6 is 0 Å². The molecule has 0 aliphatic rings. The van der Waals surface area contributed by atoms with Crippen LogP contribution < -0.4 is 10.5 Å². The van der Waals surface area contributed by atoms with Gasteiger partial charge in [0.25, 0.3) is 0 Å². The van der Waals surface area contributed by atoms with Gasteiger partial charge in [0.05, 0.1) is 7.11 Å². The van der Waals surface area contributed by atoms with Crippen LogP contribution in [0.5, 0.6) is 5.75 Å². The van der Waals surface area contributed by atoms with Gasteiger partial charge in [0, 0.05) is 5.56 Å². The first-order chi connectivity index (χ1) is 7.77. The van der Waals surface area contributed by atoms with E-state index < -0.39 is 12.0 Å². The average Bonchev–Trinajstić information content (AvgIpc) is 2.25. The van der Waals surface area contributed by atoms with Crippen LogP contribution in [0.2, 0.25) is 0 Å². The predicted octanol–water partition coefficient (Wildman–Crippen LogP) is 2.08. The summed E-state index contributed by atoms with van der Waals surface area (Å²) in [5, 5.41) is 8.97. The van der Waals surface area contributed by atoms with Crippen molar-refractivity contribution < 1.29 is 14.6 Å². The Hall–Kier alpha value is -1.55. The van der Waals surface area contributed by atoms with E-state index in [-0.39, 0.29) is 5.41 Å². The monoisotopic (exact) mass is 237 g/mol. The molecule has 0 amide bonds. The fraction of sp³-hybridized carbons (Fsp3) is 0.462. The Bertz CT molecular complexity index is 421. The van der Waals surface area contributed by atoms with E-state index in [0.29, 0.717) is 11.3 Å². The van der Waals surface area contributed by atoms with Crippen molar-refractivity contribution in [3.05, 3.63) is 29.3 Å². The topological polar surface area (TPSA) is 72.5 Å². The number of nitrogens with two attached hydrogens (primary N) is 1. The minimum absolute atomic E-state index is 0.0563. The van der Waals surface area contributed by atoms with Crippen molar-refractivity contribution in [2.75, 3.05) is 7.11 Å². The van der Waals surface area contributed by atoms with Gasteiger partial charge in [-0.15, -0.1) is 0 Å². The smallest absolute Gasteiger partial charge is 0.325 e. The van der Waals surface area contributed by atoms with Crippen molar-refractivity contribution in [1.82, 2.24) is 0 Å². The SMILES string of the molecule is COc1ccc(C(C)(C)C)cc1[C@H](N)C(=O)O. The van der Waals surface area contributed by atoms with Gasteiger partial charge in [0.1, 0.15) is 11.8 Å². The van der Waals surface area contributed by atoms with Gasteiger partial charge in [0.2, 0.25) is 0 Å². The molecule has 1 aromatic rings. The first-order valence-electron chi connectivity index (χ1n) is 5.44. The first-order valence-corrected chi connectivity index (χ1v) is 5.44. The van der Waals surface area contributed by atoms with Crippen molar-refractivity contribution in [2.45, 2.75) is 32.2 Å². The second kappa shape index (κ2) is 4.75. The highest BCUT2D eigenvalue weighted by molar-refractivity contribution is 5.76. The molecule has 0 aliphatic heterocycles. The Balaban J connectivity index is 3.29. The van der Waals surface area contributed by atoms with E-state index in [1.54, 1.807) is 12.1 Å². The molecule has 94 valence electrons. The largest absolute Gasteiger partial charge is 0.496 e. The highest BCUT2D eigenvalue weighted by Gasteiger charge is 2.22. The molecule has 1 aromatic carbocycles. The summed E-state index contributed by atoms with van der Waals surface area (Å²) in [6, 6.07) is 4.43. The van der Waals surface area contributed by atoms with Crippen LogP contribution in [-0.2, 0) is 10.2 Å². The summed E-state index contributed by atoms with van der Waals surface area (Å²) < 4.78 is 5.14. The van der Waals surface area contributed by atoms with E-state index in [2.05, 4.69) is 20.8 Å². The molecule has 0 aliphatic carbocycles. The lowest BCUT2D eigenvalue weighted by atomic mass is 9.85. The third-order valence-electron chi connectivity index (χ3n) is 2.70. The van der Waals surface area contributed by atoms with Crippen LogP contribution in [0.25, 0.3) is 0 Å². The van der Waals surface area contributed by atoms with Gasteiger partial charge in [-0.05, 0) is 23.1 Å². The van der Waals surface area contributed by atoms with Gasteiger partial charge in [-0.25, -0.2) is 0 Å². The molecule has 0 saturated heterocycles. The van der Waals surface area contributed by atoms with Crippen LogP contribution in [-0.4, -0.2) is 18.2 Å². The van der Waals surface area contributed by atoms with Gasteiger partial charge in [-0.2, -0.15) is 0 Å². The molecule has 1 atom stereocenters. The summed E-state index contributed by atoms with van der Waals surface area (Å²) in [6.45, 7) is 6.18. The minimum Gasteiger partial charge on any atom is -0.496 e. The molecule has 1 rings (SSSR count). The van der Waals surface area contributed by atoms with Crippen molar-refractivity contribution in [2.24, 2.45) is 5.73 Å². The van der Waals surface area contributed by atoms with Crippen molar-refractivity contribution in [3.63, 3.8) is 0 Å². The van der Waals surface area contributed by atoms with Gasteiger partial charge in [-0.1, -0.05) is 26.8 Å². The van der Waals surface area contributed by atoms with Crippen LogP contribution in [0.15, 0.2) is 18.2 Å². The normalized spacial score (nSPS) is 13.2. The molecule has 0 saturated carbocycles. The maximum absolute atomic E-state index is 10.9. The van der Waals surface area contributed by atoms with Gasteiger partial charge in [0.15, 0.2) is 0 Å². The lowest BCUT2D eigenvalue weighted by molar-refractivity contribution is -0.138. The zero-order valence-corrected chi connectivity index (χ0v) is 10.7. The summed E-state index contributed by atoms with van der Waals surface area (Å²) in [6.07, 6.45) is 0. The molecule has 0 spiro atoms. The highest BCUT2D eigenvalue weighted by atomic mass is 16.5. The second-order valence-corrected chi connectivity index (χ2v) is 5.02. The molecule has 0 heterocycles. The lowest BCUT2D eigenvalue weighted by Gasteiger charge is -2.22. The van der Waals surface area contributed by atoms with E-state index in [0.717, 1.165) is 5.56 Å². The summed E-state index contributed by atoms with van der Waals surface area (Å²) in [4.78, 5) is 10.9. The third-order valence-corrected chi connectivity index (χ3v) is 2.70. The standard InChI is InChI=1S/C13H19NO3/c1-13(2,3)8-5-6-10(17-4)9(7-8)11(14)12(15)16/h5-7,11H,14H2,1-4H3,(H,15,16)/t11-/m0/s1. The number of rotatable bonds is 3. The second-order valence-electron chi connectivity index (χ2n) is 5.02. The fourth-order valence-corrected chi connectivity index (χ4v) is 1.58. The third kappa shape index (κ3) is 2.97. The Morgan fingerprint density at radius 1 is 1.41 bits per heavy atom. The van der Waals surface area contributed by atoms with E-state index in [4.69, 9.17) is 15.6 Å². The number of carboxylic acid groups (broad SMARTS) is 1. The van der Waals surface area contributed by atoms with Gasteiger partial charge >= 0.3 is 5.97 Å². The fourth-order valence-electron chi connectivity index (χ4n) is 1.58. The van der Waals surface area contributed by atoms with Crippen molar-refractivity contribution in [1.29, 1.82) is 0 Å². The molecule has 17 heavy (non-hydrogen) atoms. The number of benzene rings is 1. The molecule has 4 heteroatoms. The summed E-state index contributed by atoms with van der Waals surface area (Å²) in [5.41, 5.74) is 7.13. The highest BCUT2D eigenvalue weighted by Crippen LogP contribution is 2.30. The quantitative estimate of drug-likeness (QED) is 0.844. The summed E-state index contributed by atoms with van der Waals surface area (Å²) in [5.74, 6) is -0.553. The van der Waals surface area contributed by atoms with Crippen LogP contribution in [0.3, 0.4) is 0 Å². The Morgan fingerprint density at radius 2 is 2.00 bits per heavy atom. The van der Waals surface area contributed by atoms with Crippen LogP contribution in [0.4, 0.5) is 0 Å². The number of carboxylic acids is 1. The van der Waals surface area contributed by atoms with E-state index in [9.17, 15) is 4.79 Å². The maximum atomic E-state index is 10.9. The average molecular weight is 237 g/mol. The van der Waals surface area contributed by atoms with E-state index in [1.807, 2.05) is 6.07 Å². The number of ether oxygens (including phenoxy) is 1. The van der Waals surface area contributed by atoms with Crippen LogP contribution in [0, 0.1) is 0 Å². The molecule has 0 bridgehead atoms. The Morgan fingerprint density at radius 3 is 2.41 bits per heavy atom. The molecule has 0 aromatic heterocycles. The van der Waals surface area contributed by atoms with E-state index >= 15 is 0 Å². The van der Waals surface area contributed by atoms with Gasteiger partial charge < -0.3 is 15.6 Å². The predicted molar refractivity (Wildman–Crippen MR) is 66.3 cm³/mol. The van der Waals surface area contributed by atoms with Crippen molar-refractivity contribution >= 4 is 5.97 Å². The first kappa shape index (κ1) is 13.5. The number of aliphatic carboxylic acids is 1. The summed E-state index contributed by atoms with van der Waals surface area (Å²) in [7, 11) is 1.50. The number of hydrogen-bond acceptors (Lipinski definition) is 3. The molecule has 0 fully saturated rings. The lowest BCUT2D eigenvalue weighted by Crippen LogP contribution is -2.22.